The van der Waals surface area contributed by atoms with Crippen LogP contribution in [-0.4, -0.2) is 43.0 Å². The van der Waals surface area contributed by atoms with Crippen LogP contribution in [0.15, 0.2) is 0 Å². The van der Waals surface area contributed by atoms with Gasteiger partial charge in [0, 0.05) is 13.7 Å². The first-order valence-corrected chi connectivity index (χ1v) is 6.96. The van der Waals surface area contributed by atoms with Crippen LogP contribution in [0.1, 0.15) is 38.5 Å². The standard InChI is InChI=1S/C13H24N2O3/c1-18-12-5-3-2-4-10(12)15-13(17)14-8-11(16)9-6-7-9/h9-12,16H,2-8H2,1H3,(H2,14,15,17). The van der Waals surface area contributed by atoms with Crippen LogP contribution >= 0.6 is 0 Å². The van der Waals surface area contributed by atoms with Crippen molar-refractivity contribution >= 4 is 6.03 Å². The highest BCUT2D eigenvalue weighted by atomic mass is 16.5. The molecule has 0 spiro atoms. The fourth-order valence-electron chi connectivity index (χ4n) is 2.61. The lowest BCUT2D eigenvalue weighted by molar-refractivity contribution is 0.0449. The Morgan fingerprint density at radius 3 is 2.72 bits per heavy atom. The molecule has 2 aliphatic rings. The van der Waals surface area contributed by atoms with Crippen LogP contribution in [0.5, 0.6) is 0 Å². The summed E-state index contributed by atoms with van der Waals surface area (Å²) >= 11 is 0. The number of aliphatic hydroxyl groups is 1. The molecule has 0 aromatic rings. The van der Waals surface area contributed by atoms with Crippen molar-refractivity contribution in [3.8, 4) is 0 Å². The Morgan fingerprint density at radius 2 is 2.06 bits per heavy atom. The second-order valence-corrected chi connectivity index (χ2v) is 5.42. The van der Waals surface area contributed by atoms with Crippen molar-refractivity contribution in [2.75, 3.05) is 13.7 Å². The number of rotatable bonds is 5. The van der Waals surface area contributed by atoms with Crippen molar-refractivity contribution in [3.05, 3.63) is 0 Å². The number of carbonyl (C=O) groups excluding carboxylic acids is 1. The molecule has 0 bridgehead atoms. The molecule has 0 aromatic heterocycles. The van der Waals surface area contributed by atoms with E-state index >= 15 is 0 Å². The maximum atomic E-state index is 11.7. The zero-order chi connectivity index (χ0) is 13.0. The molecule has 2 fully saturated rings. The van der Waals surface area contributed by atoms with E-state index in [1.165, 1.54) is 6.42 Å². The minimum Gasteiger partial charge on any atom is -0.391 e. The van der Waals surface area contributed by atoms with Gasteiger partial charge in [-0.15, -0.1) is 0 Å². The molecule has 3 unspecified atom stereocenters. The predicted molar refractivity (Wildman–Crippen MR) is 68.3 cm³/mol. The quantitative estimate of drug-likeness (QED) is 0.687. The number of hydrogen-bond acceptors (Lipinski definition) is 3. The SMILES string of the molecule is COC1CCCCC1NC(=O)NCC(O)C1CC1. The summed E-state index contributed by atoms with van der Waals surface area (Å²) in [5.41, 5.74) is 0. The number of urea groups is 1. The van der Waals surface area contributed by atoms with Gasteiger partial charge in [-0.2, -0.15) is 0 Å². The third kappa shape index (κ3) is 3.85. The molecule has 18 heavy (non-hydrogen) atoms. The first-order chi connectivity index (χ1) is 8.70. The summed E-state index contributed by atoms with van der Waals surface area (Å²) in [6, 6.07) is -0.0922. The lowest BCUT2D eigenvalue weighted by Gasteiger charge is -2.31. The molecule has 0 radical (unpaired) electrons. The van der Waals surface area contributed by atoms with Crippen LogP contribution in [0.4, 0.5) is 4.79 Å². The molecule has 0 saturated heterocycles. The second kappa shape index (κ2) is 6.38. The first-order valence-electron chi connectivity index (χ1n) is 6.96. The van der Waals surface area contributed by atoms with E-state index < -0.39 is 0 Å². The summed E-state index contributed by atoms with van der Waals surface area (Å²) < 4.78 is 5.39. The molecule has 0 heterocycles. The van der Waals surface area contributed by atoms with E-state index in [9.17, 15) is 9.90 Å². The van der Waals surface area contributed by atoms with Crippen LogP contribution < -0.4 is 10.6 Å². The molecule has 3 N–H and O–H groups in total. The zero-order valence-electron chi connectivity index (χ0n) is 11.0. The minimum atomic E-state index is -0.389. The van der Waals surface area contributed by atoms with E-state index in [0.29, 0.717) is 12.5 Å². The maximum Gasteiger partial charge on any atom is 0.315 e. The topological polar surface area (TPSA) is 70.6 Å². The summed E-state index contributed by atoms with van der Waals surface area (Å²) in [5, 5.41) is 15.4. The van der Waals surface area contributed by atoms with Gasteiger partial charge in [-0.3, -0.25) is 0 Å². The van der Waals surface area contributed by atoms with Crippen LogP contribution in [0.25, 0.3) is 0 Å². The van der Waals surface area contributed by atoms with E-state index in [1.54, 1.807) is 7.11 Å². The van der Waals surface area contributed by atoms with Gasteiger partial charge in [-0.1, -0.05) is 12.8 Å². The van der Waals surface area contributed by atoms with Gasteiger partial charge in [0.1, 0.15) is 0 Å². The van der Waals surface area contributed by atoms with Crippen LogP contribution in [0.3, 0.4) is 0 Å². The minimum absolute atomic E-state index is 0.0989. The Balaban J connectivity index is 1.68. The fourth-order valence-corrected chi connectivity index (χ4v) is 2.61. The smallest absolute Gasteiger partial charge is 0.315 e. The predicted octanol–water partition coefficient (Wildman–Crippen LogP) is 1.01. The molecule has 2 aliphatic carbocycles. The van der Waals surface area contributed by atoms with E-state index in [1.807, 2.05) is 0 Å². The lowest BCUT2D eigenvalue weighted by atomic mass is 9.92. The van der Waals surface area contributed by atoms with Gasteiger partial charge in [-0.25, -0.2) is 4.79 Å². The normalized spacial score (nSPS) is 29.7. The van der Waals surface area contributed by atoms with E-state index in [2.05, 4.69) is 10.6 Å². The van der Waals surface area contributed by atoms with Crippen LogP contribution in [-0.2, 0) is 4.74 Å². The number of ether oxygens (including phenoxy) is 1. The molecule has 2 amide bonds. The Labute approximate surface area is 108 Å². The molecule has 104 valence electrons. The van der Waals surface area contributed by atoms with Gasteiger partial charge in [-0.05, 0) is 31.6 Å². The number of aliphatic hydroxyl groups excluding tert-OH is 1. The molecule has 5 heteroatoms. The summed E-state index contributed by atoms with van der Waals surface area (Å²) in [6.45, 7) is 0.348. The average molecular weight is 256 g/mol. The molecule has 0 aliphatic heterocycles. The molecule has 2 saturated carbocycles. The van der Waals surface area contributed by atoms with Gasteiger partial charge < -0.3 is 20.5 Å². The molecular weight excluding hydrogens is 232 g/mol. The Morgan fingerprint density at radius 1 is 1.33 bits per heavy atom. The van der Waals surface area contributed by atoms with Crippen molar-refractivity contribution in [1.29, 1.82) is 0 Å². The van der Waals surface area contributed by atoms with Crippen LogP contribution in [0, 0.1) is 5.92 Å². The zero-order valence-corrected chi connectivity index (χ0v) is 11.0. The van der Waals surface area contributed by atoms with Crippen molar-refractivity contribution in [1.82, 2.24) is 10.6 Å². The van der Waals surface area contributed by atoms with Gasteiger partial charge in [0.25, 0.3) is 0 Å². The molecule has 3 atom stereocenters. The number of amides is 2. The third-order valence-corrected chi connectivity index (χ3v) is 3.96. The maximum absolute atomic E-state index is 11.7. The highest BCUT2D eigenvalue weighted by Crippen LogP contribution is 2.32. The number of hydrogen-bond donors (Lipinski definition) is 3. The van der Waals surface area contributed by atoms with Gasteiger partial charge in [0.15, 0.2) is 0 Å². The summed E-state index contributed by atoms with van der Waals surface area (Å²) in [7, 11) is 1.69. The number of methoxy groups -OCH3 is 1. The van der Waals surface area contributed by atoms with Crippen molar-refractivity contribution in [2.45, 2.75) is 56.8 Å². The molecule has 5 nitrogen and oxygen atoms in total. The van der Waals surface area contributed by atoms with Crippen molar-refractivity contribution < 1.29 is 14.6 Å². The fraction of sp³-hybridized carbons (Fsp3) is 0.923. The number of nitrogens with one attached hydrogen (secondary N) is 2. The lowest BCUT2D eigenvalue weighted by Crippen LogP contribution is -2.50. The second-order valence-electron chi connectivity index (χ2n) is 5.42. The van der Waals surface area contributed by atoms with Crippen LogP contribution in [0.2, 0.25) is 0 Å². The Kier molecular flexibility index (Phi) is 4.83. The molecule has 2 rings (SSSR count). The summed E-state index contributed by atoms with van der Waals surface area (Å²) in [5.74, 6) is 0.395. The van der Waals surface area contributed by atoms with Gasteiger partial charge >= 0.3 is 6.03 Å². The van der Waals surface area contributed by atoms with E-state index in [-0.39, 0.29) is 24.3 Å². The Bertz CT molecular complexity index is 281. The van der Waals surface area contributed by atoms with E-state index in [0.717, 1.165) is 32.1 Å². The van der Waals surface area contributed by atoms with Crippen molar-refractivity contribution in [2.24, 2.45) is 5.92 Å². The van der Waals surface area contributed by atoms with E-state index in [4.69, 9.17) is 4.74 Å². The first kappa shape index (κ1) is 13.6. The van der Waals surface area contributed by atoms with Gasteiger partial charge in [0.2, 0.25) is 0 Å². The highest BCUT2D eigenvalue weighted by Gasteiger charge is 2.30. The summed E-state index contributed by atoms with van der Waals surface area (Å²) in [4.78, 5) is 11.7. The van der Waals surface area contributed by atoms with Gasteiger partial charge in [0.05, 0.1) is 18.2 Å². The Hall–Kier alpha value is -0.810. The summed E-state index contributed by atoms with van der Waals surface area (Å²) in [6.07, 6.45) is 6.17. The largest absolute Gasteiger partial charge is 0.391 e. The molecular formula is C13H24N2O3. The van der Waals surface area contributed by atoms with Crippen molar-refractivity contribution in [3.63, 3.8) is 0 Å². The molecule has 0 aromatic carbocycles. The third-order valence-electron chi connectivity index (χ3n) is 3.96. The number of carbonyl (C=O) groups is 1. The monoisotopic (exact) mass is 256 g/mol. The highest BCUT2D eigenvalue weighted by molar-refractivity contribution is 5.74. The average Bonchev–Trinajstić information content (AvgIpc) is 3.21.